The van der Waals surface area contributed by atoms with Crippen LogP contribution in [0.1, 0.15) is 11.1 Å². The summed E-state index contributed by atoms with van der Waals surface area (Å²) in [6.45, 7) is 1.86. The van der Waals surface area contributed by atoms with E-state index in [0.717, 1.165) is 5.56 Å². The van der Waals surface area contributed by atoms with Crippen molar-refractivity contribution in [2.45, 2.75) is 6.92 Å². The lowest BCUT2D eigenvalue weighted by molar-refractivity contribution is -0.112. The molecule has 0 spiro atoms. The van der Waals surface area contributed by atoms with E-state index in [1.807, 2.05) is 13.0 Å². The van der Waals surface area contributed by atoms with Gasteiger partial charge < -0.3 is 10.4 Å². The smallest absolute Gasteiger partial charge is 0.266 e. The zero-order valence-electron chi connectivity index (χ0n) is 11.8. The Labute approximate surface area is 133 Å². The average molecular weight is 313 g/mol. The van der Waals surface area contributed by atoms with Crippen molar-refractivity contribution in [1.29, 1.82) is 5.26 Å². The Balaban J connectivity index is 2.20. The van der Waals surface area contributed by atoms with E-state index in [1.165, 1.54) is 18.2 Å². The van der Waals surface area contributed by atoms with Crippen LogP contribution in [0.15, 0.2) is 48.0 Å². The second-order valence-corrected chi connectivity index (χ2v) is 5.09. The van der Waals surface area contributed by atoms with Crippen LogP contribution in [0.4, 0.5) is 5.69 Å². The van der Waals surface area contributed by atoms with Gasteiger partial charge in [0.15, 0.2) is 0 Å². The molecule has 0 radical (unpaired) electrons. The third kappa shape index (κ3) is 3.87. The predicted molar refractivity (Wildman–Crippen MR) is 86.5 cm³/mol. The number of benzene rings is 2. The SMILES string of the molecule is Cc1ccc(NC(=O)/C(C#N)=C\c2ccc(O)cc2)cc1Cl. The van der Waals surface area contributed by atoms with Crippen molar-refractivity contribution in [3.05, 3.63) is 64.2 Å². The largest absolute Gasteiger partial charge is 0.508 e. The van der Waals surface area contributed by atoms with E-state index in [0.29, 0.717) is 16.3 Å². The monoisotopic (exact) mass is 312 g/mol. The summed E-state index contributed by atoms with van der Waals surface area (Å²) in [5.41, 5.74) is 2.03. The summed E-state index contributed by atoms with van der Waals surface area (Å²) >= 11 is 6.00. The maximum absolute atomic E-state index is 12.1. The third-order valence-electron chi connectivity index (χ3n) is 3.00. The molecule has 110 valence electrons. The lowest BCUT2D eigenvalue weighted by Gasteiger charge is -2.06. The number of halogens is 1. The van der Waals surface area contributed by atoms with Gasteiger partial charge in [0.2, 0.25) is 0 Å². The molecule has 1 amide bonds. The van der Waals surface area contributed by atoms with E-state index in [-0.39, 0.29) is 11.3 Å². The van der Waals surface area contributed by atoms with Gasteiger partial charge >= 0.3 is 0 Å². The molecule has 22 heavy (non-hydrogen) atoms. The number of nitrogens with one attached hydrogen (secondary N) is 1. The van der Waals surface area contributed by atoms with Crippen molar-refractivity contribution in [2.24, 2.45) is 0 Å². The van der Waals surface area contributed by atoms with Crippen molar-refractivity contribution in [1.82, 2.24) is 0 Å². The summed E-state index contributed by atoms with van der Waals surface area (Å²) in [5, 5.41) is 21.5. The molecule has 2 N–H and O–H groups in total. The number of nitrogens with zero attached hydrogens (tertiary/aromatic N) is 1. The summed E-state index contributed by atoms with van der Waals surface area (Å²) in [6.07, 6.45) is 1.45. The van der Waals surface area contributed by atoms with E-state index in [9.17, 15) is 9.90 Å². The Bertz CT molecular complexity index is 774. The molecule has 5 heteroatoms. The topological polar surface area (TPSA) is 73.1 Å². The van der Waals surface area contributed by atoms with E-state index in [1.54, 1.807) is 30.3 Å². The number of carbonyl (C=O) groups excluding carboxylic acids is 1. The van der Waals surface area contributed by atoms with Crippen molar-refractivity contribution in [2.75, 3.05) is 5.32 Å². The molecule has 0 saturated heterocycles. The number of carbonyl (C=O) groups is 1. The summed E-state index contributed by atoms with van der Waals surface area (Å²) < 4.78 is 0. The zero-order valence-corrected chi connectivity index (χ0v) is 12.6. The van der Waals surface area contributed by atoms with Crippen LogP contribution in [0.25, 0.3) is 6.08 Å². The number of aryl methyl sites for hydroxylation is 1. The fourth-order valence-corrected chi connectivity index (χ4v) is 1.94. The van der Waals surface area contributed by atoms with Gasteiger partial charge in [0.25, 0.3) is 5.91 Å². The Hall–Kier alpha value is -2.77. The molecule has 0 bridgehead atoms. The van der Waals surface area contributed by atoms with Crippen molar-refractivity contribution >= 4 is 29.3 Å². The first kappa shape index (κ1) is 15.6. The number of phenolic OH excluding ortho intramolecular Hbond substituents is 1. The van der Waals surface area contributed by atoms with E-state index in [4.69, 9.17) is 16.9 Å². The first-order valence-corrected chi connectivity index (χ1v) is 6.86. The lowest BCUT2D eigenvalue weighted by Crippen LogP contribution is -2.13. The second kappa shape index (κ2) is 6.79. The first-order valence-electron chi connectivity index (χ1n) is 6.48. The fraction of sp³-hybridized carbons (Fsp3) is 0.0588. The van der Waals surface area contributed by atoms with Gasteiger partial charge in [0, 0.05) is 10.7 Å². The summed E-state index contributed by atoms with van der Waals surface area (Å²) in [6, 6.07) is 13.2. The summed E-state index contributed by atoms with van der Waals surface area (Å²) in [5.74, 6) is -0.398. The van der Waals surface area contributed by atoms with Gasteiger partial charge in [0.05, 0.1) is 0 Å². The first-order chi connectivity index (χ1) is 10.5. The van der Waals surface area contributed by atoms with Gasteiger partial charge in [-0.25, -0.2) is 0 Å². The lowest BCUT2D eigenvalue weighted by atomic mass is 10.1. The molecule has 0 atom stereocenters. The number of phenols is 1. The molecule has 4 nitrogen and oxygen atoms in total. The van der Waals surface area contributed by atoms with Crippen LogP contribution >= 0.6 is 11.6 Å². The standard InChI is InChI=1S/C17H13ClN2O2/c1-11-2-5-14(9-16(11)18)20-17(22)13(10-19)8-12-3-6-15(21)7-4-12/h2-9,21H,1H3,(H,20,22)/b13-8-. The van der Waals surface area contributed by atoms with Crippen LogP contribution in [-0.2, 0) is 4.79 Å². The normalized spacial score (nSPS) is 10.9. The Morgan fingerprint density at radius 2 is 1.95 bits per heavy atom. The Morgan fingerprint density at radius 3 is 2.55 bits per heavy atom. The predicted octanol–water partition coefficient (Wildman–Crippen LogP) is 3.90. The molecule has 2 aromatic rings. The Morgan fingerprint density at radius 1 is 1.27 bits per heavy atom. The van der Waals surface area contributed by atoms with Gasteiger partial charge in [-0.15, -0.1) is 0 Å². The van der Waals surface area contributed by atoms with Gasteiger partial charge in [-0.3, -0.25) is 4.79 Å². The van der Waals surface area contributed by atoms with Crippen LogP contribution in [0.5, 0.6) is 5.75 Å². The van der Waals surface area contributed by atoms with E-state index in [2.05, 4.69) is 5.32 Å². The van der Waals surface area contributed by atoms with Crippen LogP contribution in [0, 0.1) is 18.3 Å². The number of hydrogen-bond donors (Lipinski definition) is 2. The molecule has 2 aromatic carbocycles. The van der Waals surface area contributed by atoms with Gasteiger partial charge in [-0.1, -0.05) is 29.8 Å². The molecular weight excluding hydrogens is 300 g/mol. The third-order valence-corrected chi connectivity index (χ3v) is 3.41. The number of rotatable bonds is 3. The molecule has 0 heterocycles. The van der Waals surface area contributed by atoms with Crippen LogP contribution in [0.2, 0.25) is 5.02 Å². The van der Waals surface area contributed by atoms with E-state index < -0.39 is 5.91 Å². The Kier molecular flexibility index (Phi) is 4.82. The molecule has 0 aliphatic heterocycles. The van der Waals surface area contributed by atoms with Crippen LogP contribution in [-0.4, -0.2) is 11.0 Å². The van der Waals surface area contributed by atoms with Crippen molar-refractivity contribution in [3.63, 3.8) is 0 Å². The molecule has 0 aromatic heterocycles. The highest BCUT2D eigenvalue weighted by molar-refractivity contribution is 6.31. The number of hydrogen-bond acceptors (Lipinski definition) is 3. The zero-order chi connectivity index (χ0) is 16.1. The second-order valence-electron chi connectivity index (χ2n) is 4.68. The minimum atomic E-state index is -0.518. The highest BCUT2D eigenvalue weighted by atomic mass is 35.5. The van der Waals surface area contributed by atoms with Gasteiger partial charge in [-0.05, 0) is 48.4 Å². The van der Waals surface area contributed by atoms with Crippen molar-refractivity contribution < 1.29 is 9.90 Å². The van der Waals surface area contributed by atoms with Crippen molar-refractivity contribution in [3.8, 4) is 11.8 Å². The quantitative estimate of drug-likeness (QED) is 0.667. The highest BCUT2D eigenvalue weighted by Gasteiger charge is 2.10. The number of nitriles is 1. The van der Waals surface area contributed by atoms with E-state index >= 15 is 0 Å². The number of amides is 1. The van der Waals surface area contributed by atoms with Crippen LogP contribution in [0.3, 0.4) is 0 Å². The molecule has 0 saturated carbocycles. The maximum atomic E-state index is 12.1. The summed E-state index contributed by atoms with van der Waals surface area (Å²) in [7, 11) is 0. The maximum Gasteiger partial charge on any atom is 0.266 e. The molecule has 0 unspecified atom stereocenters. The van der Waals surface area contributed by atoms with Crippen LogP contribution < -0.4 is 5.32 Å². The average Bonchev–Trinajstić information content (AvgIpc) is 2.50. The molecule has 0 aliphatic carbocycles. The summed E-state index contributed by atoms with van der Waals surface area (Å²) in [4.78, 5) is 12.1. The molecule has 0 fully saturated rings. The molecule has 2 rings (SSSR count). The van der Waals surface area contributed by atoms with Gasteiger partial charge in [-0.2, -0.15) is 5.26 Å². The fourth-order valence-electron chi connectivity index (χ4n) is 1.75. The number of aromatic hydroxyl groups is 1. The highest BCUT2D eigenvalue weighted by Crippen LogP contribution is 2.20. The van der Waals surface area contributed by atoms with Gasteiger partial charge in [0.1, 0.15) is 17.4 Å². The molecular formula is C17H13ClN2O2. The molecule has 0 aliphatic rings. The minimum absolute atomic E-state index is 0.0395. The minimum Gasteiger partial charge on any atom is -0.508 e. The number of anilines is 1.